The minimum absolute atomic E-state index is 0.323. The molecule has 0 aliphatic heterocycles. The van der Waals surface area contributed by atoms with Crippen molar-refractivity contribution in [2.24, 2.45) is 5.92 Å². The SMILES string of the molecule is CC[C@H](C)C(c1ccc(-c2ccc(-n3c4ccccc4c4ccccc43)cc2)cc1)c1ccc(-c2ccc(-n3c4ccccc4c4ccccc43)cc2)cc1. The van der Waals surface area contributed by atoms with Gasteiger partial charge in [0.05, 0.1) is 22.1 Å². The normalized spacial score (nSPS) is 12.3. The first kappa shape index (κ1) is 33.0. The number of hydrogen-bond donors (Lipinski definition) is 0. The maximum Gasteiger partial charge on any atom is 0.0541 e. The largest absolute Gasteiger partial charge is 0.309 e. The zero-order chi connectivity index (χ0) is 36.9. The molecule has 8 aromatic carbocycles. The van der Waals surface area contributed by atoms with Crippen molar-refractivity contribution >= 4 is 43.6 Å². The third kappa shape index (κ3) is 5.65. The summed E-state index contributed by atoms with van der Waals surface area (Å²) in [5.41, 5.74) is 14.9. The highest BCUT2D eigenvalue weighted by atomic mass is 15.0. The molecule has 0 spiro atoms. The molecule has 0 bridgehead atoms. The Morgan fingerprint density at radius 3 is 0.909 bits per heavy atom. The highest BCUT2D eigenvalue weighted by Crippen LogP contribution is 2.38. The second-order valence-electron chi connectivity index (χ2n) is 14.9. The fourth-order valence-corrected chi connectivity index (χ4v) is 8.86. The Kier molecular flexibility index (Phi) is 8.18. The van der Waals surface area contributed by atoms with Crippen LogP contribution in [0.3, 0.4) is 0 Å². The molecule has 10 rings (SSSR count). The van der Waals surface area contributed by atoms with Gasteiger partial charge in [-0.2, -0.15) is 0 Å². The molecule has 2 aromatic heterocycles. The quantitative estimate of drug-likeness (QED) is 0.149. The van der Waals surface area contributed by atoms with Crippen molar-refractivity contribution < 1.29 is 0 Å². The van der Waals surface area contributed by atoms with Gasteiger partial charge in [-0.05, 0) is 87.8 Å². The van der Waals surface area contributed by atoms with E-state index in [1.54, 1.807) is 0 Å². The summed E-state index contributed by atoms with van der Waals surface area (Å²) in [6, 6.07) is 71.4. The predicted octanol–water partition coefficient (Wildman–Crippen LogP) is 14.4. The third-order valence-electron chi connectivity index (χ3n) is 11.8. The molecule has 0 saturated heterocycles. The smallest absolute Gasteiger partial charge is 0.0541 e. The molecule has 2 nitrogen and oxygen atoms in total. The lowest BCUT2D eigenvalue weighted by molar-refractivity contribution is 0.496. The molecule has 0 aliphatic carbocycles. The van der Waals surface area contributed by atoms with E-state index in [1.807, 2.05) is 0 Å². The Labute approximate surface area is 322 Å². The maximum atomic E-state index is 2.38. The number of benzene rings is 8. The molecule has 1 atom stereocenters. The summed E-state index contributed by atoms with van der Waals surface area (Å²) >= 11 is 0. The highest BCUT2D eigenvalue weighted by molar-refractivity contribution is 6.10. The first-order valence-corrected chi connectivity index (χ1v) is 19.5. The third-order valence-corrected chi connectivity index (χ3v) is 11.8. The summed E-state index contributed by atoms with van der Waals surface area (Å²) < 4.78 is 4.75. The van der Waals surface area contributed by atoms with Crippen molar-refractivity contribution in [1.29, 1.82) is 0 Å². The van der Waals surface area contributed by atoms with Gasteiger partial charge in [0.25, 0.3) is 0 Å². The lowest BCUT2D eigenvalue weighted by Crippen LogP contribution is -2.11. The van der Waals surface area contributed by atoms with Gasteiger partial charge in [0, 0.05) is 38.8 Å². The van der Waals surface area contributed by atoms with Crippen LogP contribution in [0, 0.1) is 5.92 Å². The van der Waals surface area contributed by atoms with Crippen molar-refractivity contribution in [3.63, 3.8) is 0 Å². The lowest BCUT2D eigenvalue weighted by atomic mass is 9.79. The number of hydrogen-bond acceptors (Lipinski definition) is 0. The van der Waals surface area contributed by atoms with Crippen LogP contribution in [0.25, 0.3) is 77.2 Å². The minimum atomic E-state index is 0.323. The van der Waals surface area contributed by atoms with Crippen molar-refractivity contribution in [1.82, 2.24) is 9.13 Å². The highest BCUT2D eigenvalue weighted by Gasteiger charge is 2.21. The molecule has 0 saturated carbocycles. The van der Waals surface area contributed by atoms with Gasteiger partial charge in [-0.1, -0.05) is 166 Å². The number of rotatable bonds is 8. The second kappa shape index (κ2) is 13.6. The number of para-hydroxylation sites is 4. The van der Waals surface area contributed by atoms with Crippen LogP contribution in [0.5, 0.6) is 0 Å². The molecule has 0 N–H and O–H groups in total. The van der Waals surface area contributed by atoms with Crippen LogP contribution in [-0.2, 0) is 0 Å². The predicted molar refractivity (Wildman–Crippen MR) is 234 cm³/mol. The maximum absolute atomic E-state index is 2.38. The Hall–Kier alpha value is -6.64. The van der Waals surface area contributed by atoms with E-state index < -0.39 is 0 Å². The van der Waals surface area contributed by atoms with E-state index >= 15 is 0 Å². The molecular formula is C53H42N2. The van der Waals surface area contributed by atoms with Crippen LogP contribution in [-0.4, -0.2) is 9.13 Å². The summed E-state index contributed by atoms with van der Waals surface area (Å²) in [4.78, 5) is 0. The number of aromatic nitrogens is 2. The monoisotopic (exact) mass is 706 g/mol. The summed E-state index contributed by atoms with van der Waals surface area (Å²) in [5.74, 6) is 0.830. The van der Waals surface area contributed by atoms with E-state index in [2.05, 4.69) is 217 Å². The van der Waals surface area contributed by atoms with Crippen LogP contribution in [0.2, 0.25) is 0 Å². The molecule has 55 heavy (non-hydrogen) atoms. The molecule has 2 heterocycles. The van der Waals surface area contributed by atoms with Crippen LogP contribution in [0.1, 0.15) is 37.3 Å². The Morgan fingerprint density at radius 1 is 0.345 bits per heavy atom. The minimum Gasteiger partial charge on any atom is -0.309 e. The fourth-order valence-electron chi connectivity index (χ4n) is 8.86. The summed E-state index contributed by atoms with van der Waals surface area (Å²) in [5, 5.41) is 5.14. The second-order valence-corrected chi connectivity index (χ2v) is 14.9. The van der Waals surface area contributed by atoms with Crippen LogP contribution in [0.4, 0.5) is 0 Å². The molecular weight excluding hydrogens is 665 g/mol. The topological polar surface area (TPSA) is 9.86 Å². The van der Waals surface area contributed by atoms with E-state index in [9.17, 15) is 0 Å². The molecule has 0 fully saturated rings. The molecule has 0 radical (unpaired) electrons. The van der Waals surface area contributed by atoms with E-state index in [0.29, 0.717) is 11.8 Å². The van der Waals surface area contributed by atoms with Crippen LogP contribution < -0.4 is 0 Å². The van der Waals surface area contributed by atoms with E-state index in [1.165, 1.54) is 88.4 Å². The summed E-state index contributed by atoms with van der Waals surface area (Å²) in [6.45, 7) is 4.69. The number of fused-ring (bicyclic) bond motifs is 6. The van der Waals surface area contributed by atoms with Gasteiger partial charge in [-0.3, -0.25) is 0 Å². The Morgan fingerprint density at radius 2 is 0.618 bits per heavy atom. The zero-order valence-corrected chi connectivity index (χ0v) is 31.2. The standard InChI is InChI=1S/C53H42N2/c1-3-36(2)53(41-24-20-37(21-25-41)39-28-32-43(33-29-39)54-49-16-8-4-12-45(49)46-13-5-9-17-50(46)54)42-26-22-38(23-27-42)40-30-34-44(35-31-40)55-51-18-10-6-14-47(51)48-15-7-11-19-52(48)55/h4-36,53H,3H2,1-2H3/t36-/m0/s1. The molecule has 0 aliphatic rings. The van der Waals surface area contributed by atoms with Crippen LogP contribution in [0.15, 0.2) is 194 Å². The first-order valence-electron chi connectivity index (χ1n) is 19.5. The van der Waals surface area contributed by atoms with E-state index in [0.717, 1.165) is 6.42 Å². The van der Waals surface area contributed by atoms with Gasteiger partial charge in [0.2, 0.25) is 0 Å². The molecule has 2 heteroatoms. The van der Waals surface area contributed by atoms with Gasteiger partial charge in [0.1, 0.15) is 0 Å². The van der Waals surface area contributed by atoms with Gasteiger partial charge < -0.3 is 9.13 Å². The van der Waals surface area contributed by atoms with E-state index in [-0.39, 0.29) is 0 Å². The van der Waals surface area contributed by atoms with Crippen LogP contribution >= 0.6 is 0 Å². The first-order chi connectivity index (χ1) is 27.2. The molecule has 264 valence electrons. The molecule has 0 unspecified atom stereocenters. The summed E-state index contributed by atoms with van der Waals surface area (Å²) in [6.07, 6.45) is 1.11. The number of nitrogens with zero attached hydrogens (tertiary/aromatic N) is 2. The van der Waals surface area contributed by atoms with Crippen molar-refractivity contribution in [3.05, 3.63) is 205 Å². The molecule has 10 aromatic rings. The lowest BCUT2D eigenvalue weighted by Gasteiger charge is -2.25. The zero-order valence-electron chi connectivity index (χ0n) is 31.2. The van der Waals surface area contributed by atoms with E-state index in [4.69, 9.17) is 0 Å². The van der Waals surface area contributed by atoms with Crippen molar-refractivity contribution in [2.75, 3.05) is 0 Å². The van der Waals surface area contributed by atoms with Gasteiger partial charge in [-0.15, -0.1) is 0 Å². The van der Waals surface area contributed by atoms with Gasteiger partial charge >= 0.3 is 0 Å². The van der Waals surface area contributed by atoms with Gasteiger partial charge in [-0.25, -0.2) is 0 Å². The average molecular weight is 707 g/mol. The Bertz CT molecular complexity index is 2640. The Balaban J connectivity index is 0.907. The average Bonchev–Trinajstić information content (AvgIpc) is 3.77. The van der Waals surface area contributed by atoms with Crippen molar-refractivity contribution in [2.45, 2.75) is 26.2 Å². The van der Waals surface area contributed by atoms with Crippen molar-refractivity contribution in [3.8, 4) is 33.6 Å². The molecule has 0 amide bonds. The fraction of sp³-hybridized carbons (Fsp3) is 0.0943. The van der Waals surface area contributed by atoms with Gasteiger partial charge in [0.15, 0.2) is 0 Å². The summed E-state index contributed by atoms with van der Waals surface area (Å²) in [7, 11) is 0.